The largest absolute Gasteiger partial charge is 0.504 e. The van der Waals surface area contributed by atoms with Gasteiger partial charge in [-0.2, -0.15) is 0 Å². The number of nitrogens with one attached hydrogen (secondary N) is 2. The molecular formula is C39H44ClN8O11S2+. The first-order chi connectivity index (χ1) is 28.7. The number of quaternary nitrogens is 1. The number of β-lactam (4-membered cyclic amide) rings is 1. The lowest BCUT2D eigenvalue weighted by atomic mass is 9.70. The van der Waals surface area contributed by atoms with Crippen LogP contribution in [-0.2, 0) is 24.0 Å². The molecule has 1 aromatic carbocycles. The van der Waals surface area contributed by atoms with Crippen LogP contribution in [-0.4, -0.2) is 130 Å². The number of nitrogen functional groups attached to an aromatic ring is 1. The third-order valence-corrected chi connectivity index (χ3v) is 15.1. The Morgan fingerprint density at radius 3 is 2.39 bits per heavy atom. The van der Waals surface area contributed by atoms with Gasteiger partial charge in [0.15, 0.2) is 22.3 Å². The van der Waals surface area contributed by atoms with Crippen molar-refractivity contribution in [2.75, 3.05) is 38.5 Å². The van der Waals surface area contributed by atoms with Crippen molar-refractivity contribution in [1.29, 1.82) is 0 Å². The van der Waals surface area contributed by atoms with Crippen LogP contribution in [0.15, 0.2) is 38.9 Å². The van der Waals surface area contributed by atoms with Crippen molar-refractivity contribution in [3.8, 4) is 11.5 Å². The number of benzene rings is 1. The van der Waals surface area contributed by atoms with Crippen molar-refractivity contribution >= 4 is 86.1 Å². The van der Waals surface area contributed by atoms with Gasteiger partial charge in [0.25, 0.3) is 17.7 Å². The second kappa shape index (κ2) is 15.2. The van der Waals surface area contributed by atoms with Gasteiger partial charge in [-0.05, 0) is 33.6 Å². The van der Waals surface area contributed by atoms with Gasteiger partial charge in [-0.25, -0.2) is 14.6 Å². The number of carboxylic acids is 2. The number of rotatable bonds is 13. The van der Waals surface area contributed by atoms with Gasteiger partial charge in [0, 0.05) is 65.7 Å². The van der Waals surface area contributed by atoms with E-state index in [0.717, 1.165) is 43.4 Å². The third kappa shape index (κ3) is 7.44. The minimum atomic E-state index is -1.80. The number of nitrogens with zero attached hydrogens (tertiary/aromatic N) is 5. The van der Waals surface area contributed by atoms with Gasteiger partial charge in [-0.15, -0.1) is 23.1 Å². The predicted molar refractivity (Wildman–Crippen MR) is 223 cm³/mol. The van der Waals surface area contributed by atoms with Gasteiger partial charge in [0.1, 0.15) is 34.9 Å². The van der Waals surface area contributed by atoms with Gasteiger partial charge in [0.05, 0.1) is 35.6 Å². The van der Waals surface area contributed by atoms with E-state index in [9.17, 15) is 49.2 Å². The molecule has 22 heteroatoms. The van der Waals surface area contributed by atoms with E-state index < -0.39 is 69.3 Å². The van der Waals surface area contributed by atoms with Crippen LogP contribution < -0.4 is 21.8 Å². The van der Waals surface area contributed by atoms with Crippen LogP contribution in [0.25, 0.3) is 10.9 Å². The smallest absolute Gasteiger partial charge is 0.352 e. The number of phenolic OH excluding ortho intramolecular Hbond substituents is 2. The molecule has 2 aromatic heterocycles. The third-order valence-electron chi connectivity index (χ3n) is 12.7. The number of thiazole rings is 1. The van der Waals surface area contributed by atoms with E-state index in [1.165, 1.54) is 48.2 Å². The maximum Gasteiger partial charge on any atom is 0.352 e. The average molecular weight is 900 g/mol. The van der Waals surface area contributed by atoms with Gasteiger partial charge < -0.3 is 50.7 Å². The maximum atomic E-state index is 13.7. The van der Waals surface area contributed by atoms with Gasteiger partial charge in [-0.1, -0.05) is 16.8 Å². The Labute approximate surface area is 360 Å². The molecular weight excluding hydrogens is 856 g/mol. The Kier molecular flexibility index (Phi) is 10.5. The summed E-state index contributed by atoms with van der Waals surface area (Å²) in [6.45, 7) is 7.18. The molecule has 324 valence electrons. The van der Waals surface area contributed by atoms with Crippen LogP contribution in [0.2, 0.25) is 5.02 Å². The molecule has 1 saturated carbocycles. The quantitative estimate of drug-likeness (QED) is 0.0427. The molecule has 4 saturated heterocycles. The molecule has 61 heavy (non-hydrogen) atoms. The maximum absolute atomic E-state index is 13.7. The number of oxime groups is 1. The number of carbonyl (C=O) groups is 5. The van der Waals surface area contributed by atoms with E-state index in [0.29, 0.717) is 48.3 Å². The number of anilines is 1. The number of carboxylic acid groups (broad SMARTS) is 2. The van der Waals surface area contributed by atoms with E-state index in [1.807, 2.05) is 6.92 Å². The molecule has 9 rings (SSSR count). The number of piperidine rings is 3. The summed E-state index contributed by atoms with van der Waals surface area (Å²) in [5.74, 6) is -5.76. The van der Waals surface area contributed by atoms with Crippen LogP contribution >= 0.6 is 34.7 Å². The summed E-state index contributed by atoms with van der Waals surface area (Å²) in [6.07, 6.45) is 5.34. The van der Waals surface area contributed by atoms with Gasteiger partial charge in [-0.3, -0.25) is 24.1 Å². The standard InChI is InChI=1S/C39H43ClN8O11S2/c1-17-20(28(35(55)56)47-33(54)27(34(47)61-17)44-32(53)26(21-15-60-37(41)43-21)45-59-38(2,3)36(57)58)14-48-9-6-39(7-10-48,8-11-48)16-42-31(52)19-13-46(18-4-5-18)22-12-23(49)30(51)25(40)24(22)29(19)50/h12-13,15,17-18,27,34H,4-11,14,16H2,1-3H3,(H7-,41,42,43,44,45,49,50,51,52,53,55,56,57,58)/p+1/t17-,27+,34+,39?,48?/m0/s1. The summed E-state index contributed by atoms with van der Waals surface area (Å²) in [5.41, 5.74) is 3.41. The number of carbonyl (C=O) groups excluding carboxylic acids is 3. The van der Waals surface area contributed by atoms with Crippen molar-refractivity contribution in [2.24, 2.45) is 10.6 Å². The first kappa shape index (κ1) is 42.3. The lowest BCUT2D eigenvalue weighted by Crippen LogP contribution is -2.72. The second-order valence-electron chi connectivity index (χ2n) is 17.0. The van der Waals surface area contributed by atoms with Crippen LogP contribution in [0.5, 0.6) is 11.5 Å². The van der Waals surface area contributed by atoms with Crippen molar-refractivity contribution in [2.45, 2.75) is 81.2 Å². The van der Waals surface area contributed by atoms with Gasteiger partial charge in [0.2, 0.25) is 11.0 Å². The van der Waals surface area contributed by atoms with E-state index >= 15 is 0 Å². The van der Waals surface area contributed by atoms with Gasteiger partial charge >= 0.3 is 11.9 Å². The first-order valence-corrected chi connectivity index (χ1v) is 21.8. The number of fused-ring (bicyclic) bond motifs is 5. The number of pyridine rings is 1. The SMILES string of the molecule is C[C@@H]1S[C@@H]2[C@H](NC(=O)/C(=N\OC(C)(C)C(=O)O)c3csc(N)n3)C(=O)N2C(C(=O)O)=C1C[N+]12CCC(CNC(=O)c3cn(C4CC4)c4cc(O)c(O)c(Cl)c4c3=O)(CC1)CC2. The minimum Gasteiger partial charge on any atom is -0.504 e. The van der Waals surface area contributed by atoms with Crippen LogP contribution in [0.1, 0.15) is 75.0 Å². The highest BCUT2D eigenvalue weighted by Crippen LogP contribution is 2.49. The molecule has 3 amide bonds. The van der Waals surface area contributed by atoms with Crippen molar-refractivity contribution in [1.82, 2.24) is 25.1 Å². The molecule has 3 atom stereocenters. The van der Waals surface area contributed by atoms with E-state index in [-0.39, 0.29) is 49.2 Å². The number of aromatic hydroxyl groups is 2. The number of nitrogens with two attached hydrogens (primary N) is 1. The predicted octanol–water partition coefficient (Wildman–Crippen LogP) is 2.58. The lowest BCUT2D eigenvalue weighted by molar-refractivity contribution is -0.941. The number of aliphatic carboxylic acids is 2. The molecule has 0 spiro atoms. The van der Waals surface area contributed by atoms with Crippen molar-refractivity contribution in [3.05, 3.63) is 55.4 Å². The highest BCUT2D eigenvalue weighted by Gasteiger charge is 2.58. The number of amides is 3. The van der Waals surface area contributed by atoms with Crippen molar-refractivity contribution in [3.63, 3.8) is 0 Å². The zero-order valence-corrected chi connectivity index (χ0v) is 35.7. The van der Waals surface area contributed by atoms with Crippen molar-refractivity contribution < 1.29 is 53.7 Å². The summed E-state index contributed by atoms with van der Waals surface area (Å²) in [6, 6.07) is 0.186. The normalized spacial score (nSPS) is 26.2. The number of thioether (sulfide) groups is 1. The van der Waals surface area contributed by atoms with Crippen LogP contribution in [0.3, 0.4) is 0 Å². The Morgan fingerprint density at radius 1 is 1.13 bits per heavy atom. The highest BCUT2D eigenvalue weighted by atomic mass is 35.5. The topological polar surface area (TPSA) is 276 Å². The lowest BCUT2D eigenvalue weighted by Gasteiger charge is -2.56. The molecule has 0 unspecified atom stereocenters. The Hall–Kier alpha value is -5.38. The number of phenols is 2. The van der Waals surface area contributed by atoms with E-state index in [1.54, 1.807) is 4.57 Å². The Balaban J connectivity index is 0.948. The van der Waals surface area contributed by atoms with Crippen LogP contribution in [0, 0.1) is 5.41 Å². The number of hydrogen-bond acceptors (Lipinski definition) is 14. The zero-order chi connectivity index (χ0) is 43.9. The van der Waals surface area contributed by atoms with E-state index in [2.05, 4.69) is 20.8 Å². The molecule has 3 aromatic rings. The number of halogens is 1. The Bertz CT molecular complexity index is 2530. The molecule has 7 heterocycles. The molecule has 0 radical (unpaired) electrons. The summed E-state index contributed by atoms with van der Waals surface area (Å²) < 4.78 is 2.36. The number of hydrogen-bond donors (Lipinski definition) is 7. The highest BCUT2D eigenvalue weighted by molar-refractivity contribution is 8.00. The molecule has 8 N–H and O–H groups in total. The second-order valence-corrected chi connectivity index (χ2v) is 19.7. The average Bonchev–Trinajstić information content (AvgIpc) is 3.98. The fourth-order valence-electron chi connectivity index (χ4n) is 8.68. The summed E-state index contributed by atoms with van der Waals surface area (Å²) in [5, 5.41) is 50.0. The molecule has 1 aliphatic carbocycles. The molecule has 6 aliphatic rings. The van der Waals surface area contributed by atoms with E-state index in [4.69, 9.17) is 22.2 Å². The zero-order valence-electron chi connectivity index (χ0n) is 33.3. The first-order valence-electron chi connectivity index (χ1n) is 19.6. The fourth-order valence-corrected chi connectivity index (χ4v) is 10.9. The molecule has 19 nitrogen and oxygen atoms in total. The summed E-state index contributed by atoms with van der Waals surface area (Å²) in [7, 11) is 0. The van der Waals surface area contributed by atoms with Crippen LogP contribution in [0.4, 0.5) is 5.13 Å². The molecule has 5 aliphatic heterocycles. The minimum absolute atomic E-state index is 0.00387. The fraction of sp³-hybridized carbons (Fsp3) is 0.487. The monoisotopic (exact) mass is 899 g/mol. The Morgan fingerprint density at radius 2 is 1.80 bits per heavy atom. The molecule has 5 fully saturated rings. The summed E-state index contributed by atoms with van der Waals surface area (Å²) in [4.78, 5) is 89.5. The summed E-state index contributed by atoms with van der Waals surface area (Å²) >= 11 is 8.69. The number of aromatic nitrogens is 2. The molecule has 2 bridgehead atoms.